The molecule has 2 N–H and O–H groups in total. The largest absolute Gasteiger partial charge is 0.478 e. The van der Waals surface area contributed by atoms with E-state index in [0.717, 1.165) is 12.5 Å². The Bertz CT molecular complexity index is 753. The van der Waals surface area contributed by atoms with Gasteiger partial charge >= 0.3 is 11.9 Å². The Labute approximate surface area is 158 Å². The van der Waals surface area contributed by atoms with E-state index in [4.69, 9.17) is 4.74 Å². The molecule has 3 fully saturated rings. The van der Waals surface area contributed by atoms with Gasteiger partial charge in [-0.15, -0.1) is 0 Å². The standard InChI is InChI=1S/C20H26O7/c1-11(21)18(2)7-5-8-19(3)12(10-13(22)23)20(9-6-14(24)26-4)17(27-20)15(25)16(18)19/h6,9-10,15-17,25H,5,7-8H2,1-4H3,(H,22,23)/b9-6+,12-10-/t15-,16-,17+,18+,19+,20-/m0/s1. The summed E-state index contributed by atoms with van der Waals surface area (Å²) in [6, 6.07) is 0. The van der Waals surface area contributed by atoms with Crippen molar-refractivity contribution in [3.05, 3.63) is 23.8 Å². The number of fused-ring (bicyclic) bond motifs is 2. The van der Waals surface area contributed by atoms with Crippen LogP contribution in [0.5, 0.6) is 0 Å². The Hall–Kier alpha value is -1.99. The summed E-state index contributed by atoms with van der Waals surface area (Å²) in [4.78, 5) is 35.6. The van der Waals surface area contributed by atoms with Crippen LogP contribution in [0.2, 0.25) is 0 Å². The molecule has 3 aliphatic rings. The Morgan fingerprint density at radius 3 is 2.48 bits per heavy atom. The quantitative estimate of drug-likeness (QED) is 0.434. The second kappa shape index (κ2) is 6.27. The smallest absolute Gasteiger partial charge is 0.330 e. The number of ketones is 1. The molecule has 3 rings (SSSR count). The number of esters is 1. The third-order valence-electron chi connectivity index (χ3n) is 6.88. The summed E-state index contributed by atoms with van der Waals surface area (Å²) >= 11 is 0. The summed E-state index contributed by atoms with van der Waals surface area (Å²) < 4.78 is 10.4. The van der Waals surface area contributed by atoms with Crippen molar-refractivity contribution in [2.24, 2.45) is 16.7 Å². The fraction of sp³-hybridized carbons (Fsp3) is 0.650. The Morgan fingerprint density at radius 2 is 1.93 bits per heavy atom. The third kappa shape index (κ3) is 2.75. The summed E-state index contributed by atoms with van der Waals surface area (Å²) in [7, 11) is 1.25. The van der Waals surface area contributed by atoms with E-state index in [1.54, 1.807) is 0 Å². The molecule has 6 atom stereocenters. The minimum atomic E-state index is -1.16. The first-order chi connectivity index (χ1) is 12.5. The first-order valence-corrected chi connectivity index (χ1v) is 9.12. The lowest BCUT2D eigenvalue weighted by molar-refractivity contribution is -0.146. The van der Waals surface area contributed by atoms with E-state index in [-0.39, 0.29) is 5.78 Å². The molecule has 0 bridgehead atoms. The topological polar surface area (TPSA) is 113 Å². The highest BCUT2D eigenvalue weighted by atomic mass is 16.6. The van der Waals surface area contributed by atoms with Gasteiger partial charge in [0, 0.05) is 23.5 Å². The highest BCUT2D eigenvalue weighted by molar-refractivity contribution is 5.85. The van der Waals surface area contributed by atoms with Gasteiger partial charge in [0.05, 0.1) is 13.2 Å². The van der Waals surface area contributed by atoms with Crippen LogP contribution in [0.25, 0.3) is 0 Å². The Balaban J connectivity index is 2.15. The molecule has 2 saturated carbocycles. The zero-order valence-corrected chi connectivity index (χ0v) is 16.0. The number of hydrogen-bond acceptors (Lipinski definition) is 6. The highest BCUT2D eigenvalue weighted by Crippen LogP contribution is 2.68. The van der Waals surface area contributed by atoms with Crippen molar-refractivity contribution in [2.45, 2.75) is 57.8 Å². The normalized spacial score (nSPS) is 44.5. The number of carboxylic acids is 1. The molecular weight excluding hydrogens is 352 g/mol. The molecule has 1 heterocycles. The van der Waals surface area contributed by atoms with Gasteiger partial charge in [-0.05, 0) is 36.8 Å². The van der Waals surface area contributed by atoms with Gasteiger partial charge in [-0.3, -0.25) is 4.79 Å². The van der Waals surface area contributed by atoms with Crippen molar-refractivity contribution in [3.8, 4) is 0 Å². The van der Waals surface area contributed by atoms with E-state index in [2.05, 4.69) is 4.74 Å². The van der Waals surface area contributed by atoms with Gasteiger partial charge < -0.3 is 19.7 Å². The molecule has 1 aliphatic heterocycles. The Kier molecular flexibility index (Phi) is 4.59. The van der Waals surface area contributed by atoms with Crippen LogP contribution in [0.3, 0.4) is 0 Å². The fourth-order valence-corrected chi connectivity index (χ4v) is 5.51. The fourth-order valence-electron chi connectivity index (χ4n) is 5.51. The van der Waals surface area contributed by atoms with Gasteiger partial charge in [0.15, 0.2) is 0 Å². The lowest BCUT2D eigenvalue weighted by Gasteiger charge is -2.56. The van der Waals surface area contributed by atoms with Gasteiger partial charge in [-0.25, -0.2) is 9.59 Å². The number of Topliss-reactive ketones (excluding diaryl/α,β-unsaturated/α-hetero) is 1. The van der Waals surface area contributed by atoms with Crippen LogP contribution >= 0.6 is 0 Å². The molecule has 0 aromatic rings. The number of methoxy groups -OCH3 is 1. The SMILES string of the molecule is COC(=O)/C=C/[C@@]12O[C@@H]1[C@@H](O)[C@H]1[C@@](C)(C(C)=O)CCC[C@]1(C)/C2=C/C(=O)O. The number of hydrogen-bond donors (Lipinski definition) is 2. The number of carbonyl (C=O) groups is 3. The monoisotopic (exact) mass is 378 g/mol. The number of epoxide rings is 1. The molecule has 7 nitrogen and oxygen atoms in total. The van der Waals surface area contributed by atoms with Crippen LogP contribution in [0, 0.1) is 16.7 Å². The number of aliphatic carboxylic acids is 1. The molecule has 0 radical (unpaired) electrons. The molecule has 0 amide bonds. The van der Waals surface area contributed by atoms with Gasteiger partial charge in [-0.2, -0.15) is 0 Å². The maximum Gasteiger partial charge on any atom is 0.330 e. The second-order valence-corrected chi connectivity index (χ2v) is 8.30. The minimum Gasteiger partial charge on any atom is -0.478 e. The number of carboxylic acid groups (broad SMARTS) is 1. The predicted octanol–water partition coefficient (Wildman–Crippen LogP) is 1.64. The molecule has 2 aliphatic carbocycles. The molecule has 27 heavy (non-hydrogen) atoms. The summed E-state index contributed by atoms with van der Waals surface area (Å²) in [5.41, 5.74) is -2.18. The molecule has 1 saturated heterocycles. The molecule has 0 spiro atoms. The molecule has 0 unspecified atom stereocenters. The van der Waals surface area contributed by atoms with Crippen LogP contribution in [0.15, 0.2) is 23.8 Å². The van der Waals surface area contributed by atoms with E-state index in [9.17, 15) is 24.6 Å². The zero-order valence-electron chi connectivity index (χ0n) is 16.0. The molecule has 7 heteroatoms. The molecule has 0 aromatic carbocycles. The molecular formula is C20H26O7. The van der Waals surface area contributed by atoms with Crippen molar-refractivity contribution in [2.75, 3.05) is 7.11 Å². The van der Waals surface area contributed by atoms with Gasteiger partial charge in [-0.1, -0.05) is 20.3 Å². The average Bonchev–Trinajstić information content (AvgIpc) is 3.32. The molecule has 0 aromatic heterocycles. The predicted molar refractivity (Wildman–Crippen MR) is 94.7 cm³/mol. The maximum absolute atomic E-state index is 12.5. The number of aliphatic hydroxyl groups excluding tert-OH is 1. The Morgan fingerprint density at radius 1 is 1.26 bits per heavy atom. The van der Waals surface area contributed by atoms with Gasteiger partial charge in [0.25, 0.3) is 0 Å². The zero-order chi connectivity index (χ0) is 20.2. The van der Waals surface area contributed by atoms with Gasteiger partial charge in [0.1, 0.15) is 17.5 Å². The van der Waals surface area contributed by atoms with Crippen molar-refractivity contribution < 1.29 is 34.1 Å². The highest BCUT2D eigenvalue weighted by Gasteiger charge is 2.74. The summed E-state index contributed by atoms with van der Waals surface area (Å²) in [5, 5.41) is 20.6. The minimum absolute atomic E-state index is 0.0228. The first-order valence-electron chi connectivity index (χ1n) is 9.12. The first kappa shape index (κ1) is 19.8. The maximum atomic E-state index is 12.5. The van der Waals surface area contributed by atoms with E-state index in [1.807, 2.05) is 13.8 Å². The third-order valence-corrected chi connectivity index (χ3v) is 6.88. The van der Waals surface area contributed by atoms with Crippen molar-refractivity contribution in [3.63, 3.8) is 0 Å². The van der Waals surface area contributed by atoms with Crippen LogP contribution in [0.4, 0.5) is 0 Å². The number of rotatable bonds is 4. The van der Waals surface area contributed by atoms with Crippen molar-refractivity contribution >= 4 is 17.7 Å². The van der Waals surface area contributed by atoms with E-state index in [1.165, 1.54) is 26.2 Å². The van der Waals surface area contributed by atoms with Crippen LogP contribution in [-0.2, 0) is 23.9 Å². The summed E-state index contributed by atoms with van der Waals surface area (Å²) in [6.45, 7) is 5.26. The van der Waals surface area contributed by atoms with E-state index >= 15 is 0 Å². The van der Waals surface area contributed by atoms with Crippen LogP contribution < -0.4 is 0 Å². The number of aliphatic hydroxyl groups is 1. The molecule has 148 valence electrons. The summed E-state index contributed by atoms with van der Waals surface area (Å²) in [6.07, 6.45) is 4.14. The van der Waals surface area contributed by atoms with Gasteiger partial charge in [0.2, 0.25) is 0 Å². The van der Waals surface area contributed by atoms with E-state index in [0.29, 0.717) is 18.4 Å². The lowest BCUT2D eigenvalue weighted by atomic mass is 9.46. The van der Waals surface area contributed by atoms with Crippen molar-refractivity contribution in [1.82, 2.24) is 0 Å². The van der Waals surface area contributed by atoms with E-state index < -0.39 is 46.5 Å². The lowest BCUT2D eigenvalue weighted by Crippen LogP contribution is -2.60. The number of carbonyl (C=O) groups excluding carboxylic acids is 2. The van der Waals surface area contributed by atoms with Crippen LogP contribution in [-0.4, -0.2) is 52.9 Å². The summed E-state index contributed by atoms with van der Waals surface area (Å²) in [5.74, 6) is -2.21. The second-order valence-electron chi connectivity index (χ2n) is 8.30. The average molecular weight is 378 g/mol. The number of ether oxygens (including phenoxy) is 2. The van der Waals surface area contributed by atoms with Crippen LogP contribution in [0.1, 0.15) is 40.0 Å². The van der Waals surface area contributed by atoms with Crippen molar-refractivity contribution in [1.29, 1.82) is 0 Å².